The minimum absolute atomic E-state index is 0.0179. The average Bonchev–Trinajstić information content (AvgIpc) is 2.77. The number of rotatable bonds is 4. The molecule has 0 spiro atoms. The van der Waals surface area contributed by atoms with Crippen molar-refractivity contribution < 1.29 is 9.53 Å². The van der Waals surface area contributed by atoms with E-state index in [-0.39, 0.29) is 11.8 Å². The van der Waals surface area contributed by atoms with Crippen molar-refractivity contribution in [2.24, 2.45) is 11.0 Å². The molecule has 2 rings (SSSR count). The van der Waals surface area contributed by atoms with E-state index in [0.717, 1.165) is 0 Å². The van der Waals surface area contributed by atoms with Gasteiger partial charge in [-0.25, -0.2) is 0 Å². The Hall–Kier alpha value is -1.91. The number of halogens is 1. The summed E-state index contributed by atoms with van der Waals surface area (Å²) in [7, 11) is 1.53. The molecule has 1 aliphatic rings. The van der Waals surface area contributed by atoms with Crippen molar-refractivity contribution in [3.05, 3.63) is 33.7 Å². The fourth-order valence-corrected chi connectivity index (χ4v) is 2.46. The number of benzene rings is 1. The molecule has 19 heavy (non-hydrogen) atoms. The highest BCUT2D eigenvalue weighted by Gasteiger charge is 2.32. The number of nitrogens with zero attached hydrogens (tertiary/aromatic N) is 4. The lowest BCUT2D eigenvalue weighted by molar-refractivity contribution is -0.117. The molecule has 1 unspecified atom stereocenters. The molecule has 0 saturated carbocycles. The van der Waals surface area contributed by atoms with Gasteiger partial charge in [-0.3, -0.25) is 4.79 Å². The van der Waals surface area contributed by atoms with Crippen LogP contribution in [-0.4, -0.2) is 26.1 Å². The van der Waals surface area contributed by atoms with E-state index in [0.29, 0.717) is 36.0 Å². The highest BCUT2D eigenvalue weighted by atomic mass is 35.5. The lowest BCUT2D eigenvalue weighted by Crippen LogP contribution is -2.25. The molecular weight excluding hydrogens is 268 g/mol. The molecule has 1 aromatic rings. The van der Waals surface area contributed by atoms with E-state index in [1.165, 1.54) is 7.11 Å². The van der Waals surface area contributed by atoms with Crippen LogP contribution in [-0.2, 0) is 4.79 Å². The molecule has 0 bridgehead atoms. The van der Waals surface area contributed by atoms with E-state index in [1.54, 1.807) is 23.1 Å². The van der Waals surface area contributed by atoms with Gasteiger partial charge in [0.05, 0.1) is 12.1 Å². The standard InChI is InChI=1S/C12H13ClN4O2/c1-19-10-4-2-3-9(13)12(10)17-7-8(5-11(17)18)6-15-16-14/h2-4,8H,5-7H2,1H3. The molecule has 1 amide bonds. The van der Waals surface area contributed by atoms with Crippen LogP contribution in [0.3, 0.4) is 0 Å². The molecule has 0 aromatic heterocycles. The first-order chi connectivity index (χ1) is 9.17. The van der Waals surface area contributed by atoms with Gasteiger partial charge < -0.3 is 9.64 Å². The maximum atomic E-state index is 12.0. The van der Waals surface area contributed by atoms with Crippen molar-refractivity contribution in [3.8, 4) is 5.75 Å². The third-order valence-corrected chi connectivity index (χ3v) is 3.35. The van der Waals surface area contributed by atoms with Gasteiger partial charge in [-0.1, -0.05) is 22.8 Å². The van der Waals surface area contributed by atoms with Crippen LogP contribution < -0.4 is 9.64 Å². The number of carbonyl (C=O) groups is 1. The normalized spacial score (nSPS) is 18.3. The van der Waals surface area contributed by atoms with Crippen LogP contribution in [0, 0.1) is 5.92 Å². The Bertz CT molecular complexity index is 543. The molecule has 100 valence electrons. The molecule has 1 aliphatic heterocycles. The summed E-state index contributed by atoms with van der Waals surface area (Å²) in [5.74, 6) is 0.541. The van der Waals surface area contributed by atoms with E-state index < -0.39 is 0 Å². The maximum absolute atomic E-state index is 12.0. The van der Waals surface area contributed by atoms with Gasteiger partial charge in [0.1, 0.15) is 11.4 Å². The van der Waals surface area contributed by atoms with Crippen molar-refractivity contribution in [3.63, 3.8) is 0 Å². The van der Waals surface area contributed by atoms with Gasteiger partial charge in [-0.2, -0.15) is 0 Å². The highest BCUT2D eigenvalue weighted by molar-refractivity contribution is 6.34. The van der Waals surface area contributed by atoms with Crippen LogP contribution >= 0.6 is 11.6 Å². The van der Waals surface area contributed by atoms with Gasteiger partial charge >= 0.3 is 0 Å². The Morgan fingerprint density at radius 3 is 3.11 bits per heavy atom. The number of hydrogen-bond acceptors (Lipinski definition) is 3. The first kappa shape index (κ1) is 13.5. The summed E-state index contributed by atoms with van der Waals surface area (Å²) in [4.78, 5) is 16.4. The Balaban J connectivity index is 2.27. The van der Waals surface area contributed by atoms with Crippen LogP contribution in [0.4, 0.5) is 5.69 Å². The van der Waals surface area contributed by atoms with Gasteiger partial charge in [-0.05, 0) is 23.6 Å². The van der Waals surface area contributed by atoms with Gasteiger partial charge in [0.25, 0.3) is 0 Å². The minimum Gasteiger partial charge on any atom is -0.495 e. The Labute approximate surface area is 115 Å². The zero-order valence-electron chi connectivity index (χ0n) is 10.4. The fraction of sp³-hybridized carbons (Fsp3) is 0.417. The van der Waals surface area contributed by atoms with Crippen molar-refractivity contribution in [2.75, 3.05) is 25.1 Å². The van der Waals surface area contributed by atoms with Crippen molar-refractivity contribution >= 4 is 23.2 Å². The summed E-state index contributed by atoms with van der Waals surface area (Å²) in [6, 6.07) is 5.24. The second kappa shape index (κ2) is 5.82. The molecular formula is C12H13ClN4O2. The number of azide groups is 1. The van der Waals surface area contributed by atoms with Crippen LogP contribution in [0.25, 0.3) is 10.4 Å². The smallest absolute Gasteiger partial charge is 0.227 e. The number of carbonyl (C=O) groups excluding carboxylic acids is 1. The number of amides is 1. The molecule has 0 radical (unpaired) electrons. The van der Waals surface area contributed by atoms with E-state index in [2.05, 4.69) is 10.0 Å². The lowest BCUT2D eigenvalue weighted by atomic mass is 10.1. The number of para-hydroxylation sites is 1. The topological polar surface area (TPSA) is 78.3 Å². The molecule has 1 aromatic carbocycles. The average molecular weight is 281 g/mol. The summed E-state index contributed by atoms with van der Waals surface area (Å²) < 4.78 is 5.24. The van der Waals surface area contributed by atoms with Crippen LogP contribution in [0.1, 0.15) is 6.42 Å². The van der Waals surface area contributed by atoms with Gasteiger partial charge in [0, 0.05) is 24.4 Å². The van der Waals surface area contributed by atoms with Crippen LogP contribution in [0.5, 0.6) is 5.75 Å². The third-order valence-electron chi connectivity index (χ3n) is 3.05. The zero-order chi connectivity index (χ0) is 13.8. The van der Waals surface area contributed by atoms with Gasteiger partial charge in [0.15, 0.2) is 0 Å². The Morgan fingerprint density at radius 1 is 1.63 bits per heavy atom. The first-order valence-corrected chi connectivity index (χ1v) is 6.19. The predicted molar refractivity (Wildman–Crippen MR) is 72.5 cm³/mol. The first-order valence-electron chi connectivity index (χ1n) is 5.81. The second-order valence-electron chi connectivity index (χ2n) is 4.28. The summed E-state index contributed by atoms with van der Waals surface area (Å²) in [6.07, 6.45) is 0.355. The number of ether oxygens (including phenoxy) is 1. The maximum Gasteiger partial charge on any atom is 0.227 e. The Morgan fingerprint density at radius 2 is 2.42 bits per heavy atom. The minimum atomic E-state index is -0.0375. The van der Waals surface area contributed by atoms with E-state index in [4.69, 9.17) is 21.9 Å². The quantitative estimate of drug-likeness (QED) is 0.483. The SMILES string of the molecule is COc1cccc(Cl)c1N1CC(CN=[N+]=[N-])CC1=O. The predicted octanol–water partition coefficient (Wildman–Crippen LogP) is 3.01. The third kappa shape index (κ3) is 2.75. The number of hydrogen-bond donors (Lipinski definition) is 0. The van der Waals surface area contributed by atoms with Crippen molar-refractivity contribution in [1.82, 2.24) is 0 Å². The van der Waals surface area contributed by atoms with Gasteiger partial charge in [-0.15, -0.1) is 0 Å². The van der Waals surface area contributed by atoms with E-state index in [1.807, 2.05) is 0 Å². The molecule has 7 heteroatoms. The monoisotopic (exact) mass is 280 g/mol. The fourth-order valence-electron chi connectivity index (χ4n) is 2.19. The van der Waals surface area contributed by atoms with Crippen LogP contribution in [0.2, 0.25) is 5.02 Å². The number of methoxy groups -OCH3 is 1. The van der Waals surface area contributed by atoms with E-state index >= 15 is 0 Å². The molecule has 0 N–H and O–H groups in total. The van der Waals surface area contributed by atoms with Gasteiger partial charge in [0.2, 0.25) is 5.91 Å². The van der Waals surface area contributed by atoms with Crippen LogP contribution in [0.15, 0.2) is 23.3 Å². The summed E-state index contributed by atoms with van der Waals surface area (Å²) in [5, 5.41) is 3.99. The number of anilines is 1. The summed E-state index contributed by atoms with van der Waals surface area (Å²) in [5.41, 5.74) is 8.90. The highest BCUT2D eigenvalue weighted by Crippen LogP contribution is 2.38. The van der Waals surface area contributed by atoms with E-state index in [9.17, 15) is 4.79 Å². The molecule has 1 atom stereocenters. The van der Waals surface area contributed by atoms with Crippen molar-refractivity contribution in [1.29, 1.82) is 0 Å². The lowest BCUT2D eigenvalue weighted by Gasteiger charge is -2.20. The summed E-state index contributed by atoms with van der Waals surface area (Å²) >= 11 is 6.15. The molecule has 6 nitrogen and oxygen atoms in total. The zero-order valence-corrected chi connectivity index (χ0v) is 11.2. The molecule has 1 heterocycles. The molecule has 0 aliphatic carbocycles. The largest absolute Gasteiger partial charge is 0.495 e. The Kier molecular flexibility index (Phi) is 4.14. The van der Waals surface area contributed by atoms with Crippen molar-refractivity contribution in [2.45, 2.75) is 6.42 Å². The molecule has 1 fully saturated rings. The second-order valence-corrected chi connectivity index (χ2v) is 4.69. The molecule has 1 saturated heterocycles. The summed E-state index contributed by atoms with van der Waals surface area (Å²) in [6.45, 7) is 0.795.